The first-order chi connectivity index (χ1) is 7.06. The summed E-state index contributed by atoms with van der Waals surface area (Å²) in [5, 5.41) is 0. The van der Waals surface area contributed by atoms with Gasteiger partial charge in [0.25, 0.3) is 0 Å². The summed E-state index contributed by atoms with van der Waals surface area (Å²) in [4.78, 5) is 0.338. The fourth-order valence-corrected chi connectivity index (χ4v) is 3.56. The molecule has 0 aliphatic heterocycles. The number of sulfonamides is 1. The average molecular weight is 266 g/mol. The summed E-state index contributed by atoms with van der Waals surface area (Å²) >= 11 is 4.78. The normalized spacial score (nSPS) is 14.8. The molecule has 6 heteroatoms. The molecule has 4 nitrogen and oxygen atoms in total. The molecule has 0 spiro atoms. The maximum absolute atomic E-state index is 11.8. The standard InChI is InChI=1S/C10H22N2O2S2/c1-5-8(6-9(11)15)12-16(13,14)7-10(2,3)4/h8,12H,5-7H2,1-4H3,(H2,11,15). The number of thiocarbonyl (C=S) groups is 1. The van der Waals surface area contributed by atoms with E-state index in [0.717, 1.165) is 0 Å². The number of nitrogens with two attached hydrogens (primary N) is 1. The highest BCUT2D eigenvalue weighted by Gasteiger charge is 2.24. The Morgan fingerprint density at radius 2 is 1.94 bits per heavy atom. The van der Waals surface area contributed by atoms with Crippen molar-refractivity contribution in [3.63, 3.8) is 0 Å². The van der Waals surface area contributed by atoms with Gasteiger partial charge in [0.2, 0.25) is 10.0 Å². The Labute approximate surface area is 104 Å². The van der Waals surface area contributed by atoms with Crippen molar-refractivity contribution in [2.75, 3.05) is 5.75 Å². The summed E-state index contributed by atoms with van der Waals surface area (Å²) in [5.41, 5.74) is 5.16. The van der Waals surface area contributed by atoms with Crippen LogP contribution in [0.2, 0.25) is 0 Å². The minimum atomic E-state index is -3.26. The summed E-state index contributed by atoms with van der Waals surface area (Å²) in [6, 6.07) is -0.190. The molecule has 0 saturated heterocycles. The predicted molar refractivity (Wildman–Crippen MR) is 71.9 cm³/mol. The molecule has 0 radical (unpaired) electrons. The van der Waals surface area contributed by atoms with Gasteiger partial charge in [-0.2, -0.15) is 0 Å². The van der Waals surface area contributed by atoms with E-state index in [2.05, 4.69) is 4.72 Å². The number of hydrogen-bond acceptors (Lipinski definition) is 3. The van der Waals surface area contributed by atoms with Crippen molar-refractivity contribution in [3.8, 4) is 0 Å². The summed E-state index contributed by atoms with van der Waals surface area (Å²) < 4.78 is 26.2. The average Bonchev–Trinajstić information content (AvgIpc) is 1.96. The van der Waals surface area contributed by atoms with Crippen LogP contribution >= 0.6 is 12.2 Å². The van der Waals surface area contributed by atoms with Crippen LogP contribution < -0.4 is 10.5 Å². The Balaban J connectivity index is 4.50. The Hall–Kier alpha value is -0.200. The molecular weight excluding hydrogens is 244 g/mol. The molecule has 0 aromatic heterocycles. The van der Waals surface area contributed by atoms with Crippen LogP contribution in [0.3, 0.4) is 0 Å². The monoisotopic (exact) mass is 266 g/mol. The van der Waals surface area contributed by atoms with Gasteiger partial charge in [-0.05, 0) is 11.8 Å². The lowest BCUT2D eigenvalue weighted by molar-refractivity contribution is 0.453. The second kappa shape index (κ2) is 5.93. The summed E-state index contributed by atoms with van der Waals surface area (Å²) in [6.07, 6.45) is 1.09. The third-order valence-electron chi connectivity index (χ3n) is 1.91. The first-order valence-electron chi connectivity index (χ1n) is 5.34. The quantitative estimate of drug-likeness (QED) is 0.713. The lowest BCUT2D eigenvalue weighted by Crippen LogP contribution is -2.40. The zero-order valence-corrected chi connectivity index (χ0v) is 12.0. The van der Waals surface area contributed by atoms with Crippen LogP contribution in [0.5, 0.6) is 0 Å². The minimum Gasteiger partial charge on any atom is -0.393 e. The molecule has 1 unspecified atom stereocenters. The van der Waals surface area contributed by atoms with Gasteiger partial charge < -0.3 is 5.73 Å². The van der Waals surface area contributed by atoms with E-state index < -0.39 is 10.0 Å². The SMILES string of the molecule is CCC(CC(N)=S)NS(=O)(=O)CC(C)(C)C. The summed E-state index contributed by atoms with van der Waals surface area (Å²) in [7, 11) is -3.26. The Kier molecular flexibility index (Phi) is 5.86. The van der Waals surface area contributed by atoms with Crippen LogP contribution in [0.4, 0.5) is 0 Å². The van der Waals surface area contributed by atoms with Crippen LogP contribution in [-0.4, -0.2) is 25.2 Å². The Morgan fingerprint density at radius 3 is 2.25 bits per heavy atom. The number of rotatable bonds is 6. The van der Waals surface area contributed by atoms with Gasteiger partial charge in [0.15, 0.2) is 0 Å². The van der Waals surface area contributed by atoms with Gasteiger partial charge in [-0.1, -0.05) is 39.9 Å². The molecule has 0 fully saturated rings. The molecule has 0 rings (SSSR count). The van der Waals surface area contributed by atoms with Crippen LogP contribution in [0.15, 0.2) is 0 Å². The fourth-order valence-electron chi connectivity index (χ4n) is 1.38. The van der Waals surface area contributed by atoms with Crippen molar-refractivity contribution >= 4 is 27.2 Å². The van der Waals surface area contributed by atoms with Gasteiger partial charge >= 0.3 is 0 Å². The molecule has 0 amide bonds. The van der Waals surface area contributed by atoms with E-state index in [4.69, 9.17) is 18.0 Å². The Morgan fingerprint density at radius 1 is 1.44 bits per heavy atom. The van der Waals surface area contributed by atoms with Crippen molar-refractivity contribution in [3.05, 3.63) is 0 Å². The van der Waals surface area contributed by atoms with E-state index in [1.165, 1.54) is 0 Å². The molecule has 96 valence electrons. The molecule has 0 aliphatic rings. The molecule has 0 aliphatic carbocycles. The van der Waals surface area contributed by atoms with E-state index in [9.17, 15) is 8.42 Å². The molecule has 0 aromatic carbocycles. The molecular formula is C10H22N2O2S2. The van der Waals surface area contributed by atoms with E-state index in [1.807, 2.05) is 27.7 Å². The predicted octanol–water partition coefficient (Wildman–Crippen LogP) is 1.41. The summed E-state index contributed by atoms with van der Waals surface area (Å²) in [5.74, 6) is 0.105. The molecule has 1 atom stereocenters. The second-order valence-corrected chi connectivity index (χ2v) is 7.49. The largest absolute Gasteiger partial charge is 0.393 e. The van der Waals surface area contributed by atoms with Crippen LogP contribution in [-0.2, 0) is 10.0 Å². The van der Waals surface area contributed by atoms with Crippen LogP contribution in [0.1, 0.15) is 40.5 Å². The molecule has 0 aromatic rings. The molecule has 3 N–H and O–H groups in total. The third kappa shape index (κ3) is 8.01. The maximum atomic E-state index is 11.8. The minimum absolute atomic E-state index is 0.105. The third-order valence-corrected chi connectivity index (χ3v) is 4.01. The van der Waals surface area contributed by atoms with Gasteiger partial charge in [-0.15, -0.1) is 0 Å². The zero-order chi connectivity index (χ0) is 13.0. The molecule has 0 heterocycles. The van der Waals surface area contributed by atoms with E-state index in [1.54, 1.807) is 0 Å². The molecule has 16 heavy (non-hydrogen) atoms. The van der Waals surface area contributed by atoms with Crippen LogP contribution in [0, 0.1) is 5.41 Å². The lowest BCUT2D eigenvalue weighted by atomic mass is 10.0. The van der Waals surface area contributed by atoms with E-state index in [0.29, 0.717) is 17.8 Å². The smallest absolute Gasteiger partial charge is 0.212 e. The lowest BCUT2D eigenvalue weighted by Gasteiger charge is -2.22. The molecule has 0 bridgehead atoms. The number of hydrogen-bond donors (Lipinski definition) is 2. The van der Waals surface area contributed by atoms with Crippen molar-refractivity contribution in [2.45, 2.75) is 46.6 Å². The number of nitrogens with one attached hydrogen (secondary N) is 1. The van der Waals surface area contributed by atoms with Gasteiger partial charge in [0, 0.05) is 12.5 Å². The van der Waals surface area contributed by atoms with Crippen molar-refractivity contribution in [1.29, 1.82) is 0 Å². The molecule has 0 saturated carbocycles. The highest BCUT2D eigenvalue weighted by atomic mass is 32.2. The first-order valence-corrected chi connectivity index (χ1v) is 7.40. The van der Waals surface area contributed by atoms with E-state index >= 15 is 0 Å². The first kappa shape index (κ1) is 15.8. The van der Waals surface area contributed by atoms with Gasteiger partial charge in [0.1, 0.15) is 0 Å². The van der Waals surface area contributed by atoms with Gasteiger partial charge in [0.05, 0.1) is 10.7 Å². The van der Waals surface area contributed by atoms with E-state index in [-0.39, 0.29) is 17.2 Å². The fraction of sp³-hybridized carbons (Fsp3) is 0.900. The van der Waals surface area contributed by atoms with Crippen molar-refractivity contribution in [1.82, 2.24) is 4.72 Å². The van der Waals surface area contributed by atoms with Crippen LogP contribution in [0.25, 0.3) is 0 Å². The second-order valence-electron chi connectivity index (χ2n) is 5.21. The topological polar surface area (TPSA) is 72.2 Å². The maximum Gasteiger partial charge on any atom is 0.212 e. The summed E-state index contributed by atoms with van der Waals surface area (Å²) in [6.45, 7) is 7.57. The Bertz CT molecular complexity index is 331. The van der Waals surface area contributed by atoms with Gasteiger partial charge in [-0.3, -0.25) is 0 Å². The highest BCUT2D eigenvalue weighted by molar-refractivity contribution is 7.89. The van der Waals surface area contributed by atoms with Gasteiger partial charge in [-0.25, -0.2) is 13.1 Å². The highest BCUT2D eigenvalue weighted by Crippen LogP contribution is 2.16. The van der Waals surface area contributed by atoms with Crippen molar-refractivity contribution in [2.24, 2.45) is 11.1 Å². The van der Waals surface area contributed by atoms with Crippen molar-refractivity contribution < 1.29 is 8.42 Å². The zero-order valence-electron chi connectivity index (χ0n) is 10.4.